The number of alkyl halides is 1. The number of amides is 2. The normalized spacial score (nSPS) is 19.9. The Hall–Kier alpha value is -3.01. The number of halogens is 1. The number of benzene rings is 1. The number of para-hydroxylation sites is 1. The highest BCUT2D eigenvalue weighted by Gasteiger charge is 2.35. The third kappa shape index (κ3) is 3.04. The zero-order valence-electron chi connectivity index (χ0n) is 12.8. The van der Waals surface area contributed by atoms with Crippen LogP contribution in [0.2, 0.25) is 0 Å². The van der Waals surface area contributed by atoms with Crippen molar-refractivity contribution in [2.45, 2.75) is 18.6 Å². The van der Waals surface area contributed by atoms with Crippen LogP contribution in [0.3, 0.4) is 0 Å². The zero-order valence-corrected chi connectivity index (χ0v) is 12.8. The zero-order chi connectivity index (χ0) is 17.1. The number of carbonyl (C=O) groups excluding carboxylic acids is 2. The minimum Gasteiger partial charge on any atom is -0.343 e. The van der Waals surface area contributed by atoms with Crippen molar-refractivity contribution in [3.63, 3.8) is 0 Å². The monoisotopic (exact) mass is 326 g/mol. The van der Waals surface area contributed by atoms with Crippen molar-refractivity contribution in [3.8, 4) is 6.07 Å². The SMILES string of the molecule is N#C[C@@H]1C[C@@H](F)CN1C(=O)CNC(=O)c1ccnc2ccccc12. The molecule has 2 heterocycles. The highest BCUT2D eigenvalue weighted by Crippen LogP contribution is 2.20. The van der Waals surface area contributed by atoms with E-state index in [1.54, 1.807) is 24.3 Å². The molecule has 6 nitrogen and oxygen atoms in total. The molecule has 0 unspecified atom stereocenters. The van der Waals surface area contributed by atoms with Crippen LogP contribution in [0.4, 0.5) is 4.39 Å². The first-order chi connectivity index (χ1) is 11.6. The Labute approximate surface area is 137 Å². The van der Waals surface area contributed by atoms with Gasteiger partial charge in [-0.25, -0.2) is 4.39 Å². The number of aromatic nitrogens is 1. The van der Waals surface area contributed by atoms with E-state index in [2.05, 4.69) is 10.3 Å². The number of hydrogen-bond acceptors (Lipinski definition) is 4. The highest BCUT2D eigenvalue weighted by atomic mass is 19.1. The van der Waals surface area contributed by atoms with Crippen LogP contribution in [-0.2, 0) is 4.79 Å². The first-order valence-electron chi connectivity index (χ1n) is 7.55. The van der Waals surface area contributed by atoms with Crippen LogP contribution in [0.15, 0.2) is 36.5 Å². The molecule has 1 fully saturated rings. The second kappa shape index (κ2) is 6.62. The third-order valence-corrected chi connectivity index (χ3v) is 4.01. The molecule has 0 saturated carbocycles. The van der Waals surface area contributed by atoms with Gasteiger partial charge in [0, 0.05) is 18.0 Å². The Bertz CT molecular complexity index is 827. The van der Waals surface area contributed by atoms with E-state index in [9.17, 15) is 14.0 Å². The molecule has 0 bridgehead atoms. The number of rotatable bonds is 3. The van der Waals surface area contributed by atoms with Crippen molar-refractivity contribution < 1.29 is 14.0 Å². The molecule has 1 aromatic heterocycles. The number of likely N-dealkylation sites (tertiary alicyclic amines) is 1. The Morgan fingerprint density at radius 1 is 1.38 bits per heavy atom. The molecule has 1 aromatic carbocycles. The Morgan fingerprint density at radius 3 is 2.96 bits per heavy atom. The lowest BCUT2D eigenvalue weighted by Gasteiger charge is -2.19. The van der Waals surface area contributed by atoms with Gasteiger partial charge in [0.2, 0.25) is 5.91 Å². The lowest BCUT2D eigenvalue weighted by Crippen LogP contribution is -2.42. The van der Waals surface area contributed by atoms with E-state index in [1.165, 1.54) is 11.1 Å². The largest absolute Gasteiger partial charge is 0.343 e. The summed E-state index contributed by atoms with van der Waals surface area (Å²) in [6.45, 7) is -0.383. The molecule has 2 aromatic rings. The lowest BCUT2D eigenvalue weighted by molar-refractivity contribution is -0.130. The summed E-state index contributed by atoms with van der Waals surface area (Å²) in [6, 6.07) is 9.91. The average molecular weight is 326 g/mol. The summed E-state index contributed by atoms with van der Waals surface area (Å²) >= 11 is 0. The van der Waals surface area contributed by atoms with Gasteiger partial charge >= 0.3 is 0 Å². The van der Waals surface area contributed by atoms with Crippen LogP contribution in [0.5, 0.6) is 0 Å². The molecule has 3 rings (SSSR count). The molecule has 2 atom stereocenters. The molecule has 0 aliphatic carbocycles. The number of fused-ring (bicyclic) bond motifs is 1. The van der Waals surface area contributed by atoms with E-state index in [-0.39, 0.29) is 19.5 Å². The maximum Gasteiger partial charge on any atom is 0.252 e. The summed E-state index contributed by atoms with van der Waals surface area (Å²) in [4.78, 5) is 29.8. The van der Waals surface area contributed by atoms with E-state index >= 15 is 0 Å². The number of nitriles is 1. The van der Waals surface area contributed by atoms with Crippen LogP contribution < -0.4 is 5.32 Å². The minimum atomic E-state index is -1.20. The topological polar surface area (TPSA) is 86.1 Å². The maximum atomic E-state index is 13.4. The summed E-state index contributed by atoms with van der Waals surface area (Å²) in [6.07, 6.45) is 0.350. The quantitative estimate of drug-likeness (QED) is 0.924. The minimum absolute atomic E-state index is 0.0190. The summed E-state index contributed by atoms with van der Waals surface area (Å²) in [5.41, 5.74) is 1.09. The molecular weight excluding hydrogens is 311 g/mol. The fraction of sp³-hybridized carbons (Fsp3) is 0.294. The van der Waals surface area contributed by atoms with Crippen molar-refractivity contribution in [2.24, 2.45) is 0 Å². The van der Waals surface area contributed by atoms with E-state index in [4.69, 9.17) is 5.26 Å². The van der Waals surface area contributed by atoms with Crippen molar-refractivity contribution in [3.05, 3.63) is 42.1 Å². The molecule has 0 spiro atoms. The standard InChI is InChI=1S/C17H15FN4O2/c18-11-7-12(8-19)22(10-11)16(23)9-21-17(24)14-5-6-20-15-4-2-1-3-13(14)15/h1-6,11-12H,7,9-10H2,(H,21,24)/t11-,12+/m1/s1. The van der Waals surface area contributed by atoms with E-state index in [1.807, 2.05) is 12.1 Å². The first kappa shape index (κ1) is 15.9. The van der Waals surface area contributed by atoms with Gasteiger partial charge in [0.15, 0.2) is 0 Å². The van der Waals surface area contributed by atoms with Gasteiger partial charge < -0.3 is 10.2 Å². The molecule has 0 radical (unpaired) electrons. The van der Waals surface area contributed by atoms with Gasteiger partial charge in [0.25, 0.3) is 5.91 Å². The van der Waals surface area contributed by atoms with E-state index in [0.29, 0.717) is 16.5 Å². The molecule has 1 aliphatic heterocycles. The van der Waals surface area contributed by atoms with Crippen molar-refractivity contribution in [1.82, 2.24) is 15.2 Å². The molecule has 2 amide bonds. The van der Waals surface area contributed by atoms with Gasteiger partial charge in [-0.2, -0.15) is 5.26 Å². The molecular formula is C17H15FN4O2. The van der Waals surface area contributed by atoms with Crippen LogP contribution in [0.1, 0.15) is 16.8 Å². The van der Waals surface area contributed by atoms with Gasteiger partial charge in [0.1, 0.15) is 12.2 Å². The fourth-order valence-corrected chi connectivity index (χ4v) is 2.83. The molecule has 7 heteroatoms. The Balaban J connectivity index is 1.69. The smallest absolute Gasteiger partial charge is 0.252 e. The number of carbonyl (C=O) groups is 2. The van der Waals surface area contributed by atoms with Gasteiger partial charge in [-0.1, -0.05) is 18.2 Å². The summed E-state index contributed by atoms with van der Waals surface area (Å²) in [7, 11) is 0. The lowest BCUT2D eigenvalue weighted by atomic mass is 10.1. The second-order valence-corrected chi connectivity index (χ2v) is 5.58. The first-order valence-corrected chi connectivity index (χ1v) is 7.55. The van der Waals surface area contributed by atoms with Gasteiger partial charge in [0.05, 0.1) is 30.2 Å². The van der Waals surface area contributed by atoms with Crippen LogP contribution in [-0.4, -0.2) is 47.0 Å². The van der Waals surface area contributed by atoms with Gasteiger partial charge in [-0.15, -0.1) is 0 Å². The van der Waals surface area contributed by atoms with Gasteiger partial charge in [-0.3, -0.25) is 14.6 Å². The highest BCUT2D eigenvalue weighted by molar-refractivity contribution is 6.06. The number of pyridine rings is 1. The third-order valence-electron chi connectivity index (χ3n) is 4.01. The van der Waals surface area contributed by atoms with E-state index < -0.39 is 24.0 Å². The molecule has 1 aliphatic rings. The van der Waals surface area contributed by atoms with Crippen molar-refractivity contribution >= 4 is 22.7 Å². The van der Waals surface area contributed by atoms with Crippen molar-refractivity contribution in [2.75, 3.05) is 13.1 Å². The number of nitrogens with one attached hydrogen (secondary N) is 1. The summed E-state index contributed by atoms with van der Waals surface area (Å²) in [5.74, 6) is -0.875. The van der Waals surface area contributed by atoms with Crippen LogP contribution in [0.25, 0.3) is 10.9 Å². The Morgan fingerprint density at radius 2 is 2.17 bits per heavy atom. The van der Waals surface area contributed by atoms with Crippen LogP contribution >= 0.6 is 0 Å². The van der Waals surface area contributed by atoms with Crippen LogP contribution in [0, 0.1) is 11.3 Å². The second-order valence-electron chi connectivity index (χ2n) is 5.58. The number of hydrogen-bond donors (Lipinski definition) is 1. The molecule has 24 heavy (non-hydrogen) atoms. The number of nitrogens with zero attached hydrogens (tertiary/aromatic N) is 3. The summed E-state index contributed by atoms with van der Waals surface area (Å²) in [5, 5.41) is 12.2. The predicted octanol–water partition coefficient (Wildman–Crippen LogP) is 1.43. The maximum absolute atomic E-state index is 13.4. The fourth-order valence-electron chi connectivity index (χ4n) is 2.83. The van der Waals surface area contributed by atoms with E-state index in [0.717, 1.165) is 0 Å². The molecule has 122 valence electrons. The predicted molar refractivity (Wildman–Crippen MR) is 84.7 cm³/mol. The molecule has 1 saturated heterocycles. The average Bonchev–Trinajstić information content (AvgIpc) is 3.00. The van der Waals surface area contributed by atoms with Crippen molar-refractivity contribution in [1.29, 1.82) is 5.26 Å². The molecule has 1 N–H and O–H groups in total. The summed E-state index contributed by atoms with van der Waals surface area (Å²) < 4.78 is 13.4. The Kier molecular flexibility index (Phi) is 4.38. The van der Waals surface area contributed by atoms with Gasteiger partial charge in [-0.05, 0) is 12.1 Å².